The average molecular weight is 267 g/mol. The molecule has 0 bridgehead atoms. The van der Waals surface area contributed by atoms with Crippen LogP contribution in [0.25, 0.3) is 0 Å². The molecule has 0 aromatic carbocycles. The van der Waals surface area contributed by atoms with Gasteiger partial charge in [-0.25, -0.2) is 0 Å². The van der Waals surface area contributed by atoms with Gasteiger partial charge in [-0.2, -0.15) is 0 Å². The van der Waals surface area contributed by atoms with Crippen LogP contribution in [-0.4, -0.2) is 11.5 Å². The Morgan fingerprint density at radius 3 is 2.94 bits per heavy atom. The molecule has 0 saturated carbocycles. The zero-order valence-corrected chi connectivity index (χ0v) is 11.3. The summed E-state index contributed by atoms with van der Waals surface area (Å²) in [4.78, 5) is 5.45. The van der Waals surface area contributed by atoms with Gasteiger partial charge in [0.05, 0.1) is 4.34 Å². The van der Waals surface area contributed by atoms with E-state index >= 15 is 0 Å². The molecular weight excluding hydrogens is 252 g/mol. The lowest BCUT2D eigenvalue weighted by Crippen LogP contribution is -2.17. The van der Waals surface area contributed by atoms with Gasteiger partial charge in [0.2, 0.25) is 0 Å². The van der Waals surface area contributed by atoms with Crippen LogP contribution in [0.15, 0.2) is 30.6 Å². The Labute approximate surface area is 111 Å². The summed E-state index contributed by atoms with van der Waals surface area (Å²) in [5, 5.41) is 3.42. The Balaban J connectivity index is 1.75. The van der Waals surface area contributed by atoms with Crippen molar-refractivity contribution in [3.05, 3.63) is 50.9 Å². The van der Waals surface area contributed by atoms with Crippen molar-refractivity contribution in [3.63, 3.8) is 0 Å². The third kappa shape index (κ3) is 3.80. The van der Waals surface area contributed by atoms with Crippen molar-refractivity contribution in [1.29, 1.82) is 0 Å². The van der Waals surface area contributed by atoms with Gasteiger partial charge in [0.25, 0.3) is 0 Å². The van der Waals surface area contributed by atoms with Crippen molar-refractivity contribution < 1.29 is 0 Å². The van der Waals surface area contributed by atoms with Crippen molar-refractivity contribution in [1.82, 2.24) is 10.3 Å². The van der Waals surface area contributed by atoms with E-state index in [9.17, 15) is 0 Å². The van der Waals surface area contributed by atoms with Crippen molar-refractivity contribution in [2.45, 2.75) is 19.9 Å². The summed E-state index contributed by atoms with van der Waals surface area (Å²) in [5.74, 6) is 0. The summed E-state index contributed by atoms with van der Waals surface area (Å²) in [5.41, 5.74) is 2.54. The van der Waals surface area contributed by atoms with Gasteiger partial charge in [-0.15, -0.1) is 11.3 Å². The van der Waals surface area contributed by atoms with E-state index in [0.717, 1.165) is 23.8 Å². The number of rotatable bonds is 5. The molecule has 0 aliphatic heterocycles. The van der Waals surface area contributed by atoms with Crippen molar-refractivity contribution in [2.24, 2.45) is 0 Å². The minimum Gasteiger partial charge on any atom is -0.312 e. The van der Waals surface area contributed by atoms with Gasteiger partial charge < -0.3 is 5.32 Å². The van der Waals surface area contributed by atoms with E-state index in [2.05, 4.69) is 23.3 Å². The van der Waals surface area contributed by atoms with E-state index in [1.54, 1.807) is 11.3 Å². The normalized spacial score (nSPS) is 10.7. The van der Waals surface area contributed by atoms with E-state index < -0.39 is 0 Å². The van der Waals surface area contributed by atoms with Crippen LogP contribution in [0, 0.1) is 6.92 Å². The molecule has 2 heterocycles. The van der Waals surface area contributed by atoms with E-state index in [1.807, 2.05) is 24.5 Å². The molecule has 0 aliphatic carbocycles. The van der Waals surface area contributed by atoms with Gasteiger partial charge >= 0.3 is 0 Å². The number of hydrogen-bond donors (Lipinski definition) is 1. The van der Waals surface area contributed by atoms with Crippen LogP contribution < -0.4 is 5.32 Å². The van der Waals surface area contributed by atoms with Crippen molar-refractivity contribution in [2.75, 3.05) is 6.54 Å². The van der Waals surface area contributed by atoms with Crippen LogP contribution in [0.3, 0.4) is 0 Å². The fourth-order valence-electron chi connectivity index (χ4n) is 1.60. The molecule has 2 aromatic rings. The SMILES string of the molecule is Cc1ccncc1CNCCc1ccc(Cl)s1. The Hall–Kier alpha value is -0.900. The number of nitrogens with zero attached hydrogens (tertiary/aromatic N) is 1. The molecule has 17 heavy (non-hydrogen) atoms. The summed E-state index contributed by atoms with van der Waals surface area (Å²) in [7, 11) is 0. The van der Waals surface area contributed by atoms with Crippen LogP contribution in [0.1, 0.15) is 16.0 Å². The van der Waals surface area contributed by atoms with Gasteiger partial charge in [0, 0.05) is 30.4 Å². The molecule has 90 valence electrons. The Kier molecular flexibility index (Phi) is 4.54. The van der Waals surface area contributed by atoms with Crippen molar-refractivity contribution >= 4 is 22.9 Å². The van der Waals surface area contributed by atoms with Crippen LogP contribution in [-0.2, 0) is 13.0 Å². The predicted molar refractivity (Wildman–Crippen MR) is 73.7 cm³/mol. The number of pyridine rings is 1. The molecule has 0 unspecified atom stereocenters. The Morgan fingerprint density at radius 2 is 2.24 bits per heavy atom. The second kappa shape index (κ2) is 6.15. The van der Waals surface area contributed by atoms with E-state index in [0.29, 0.717) is 0 Å². The van der Waals surface area contributed by atoms with Crippen LogP contribution >= 0.6 is 22.9 Å². The van der Waals surface area contributed by atoms with Crippen LogP contribution in [0.2, 0.25) is 4.34 Å². The number of aromatic nitrogens is 1. The van der Waals surface area contributed by atoms with Gasteiger partial charge in [-0.1, -0.05) is 11.6 Å². The highest BCUT2D eigenvalue weighted by molar-refractivity contribution is 7.16. The number of aryl methyl sites for hydroxylation is 1. The predicted octanol–water partition coefficient (Wildman–Crippen LogP) is 3.44. The first-order valence-electron chi connectivity index (χ1n) is 5.60. The standard InChI is InChI=1S/C13H15ClN2S/c1-10-4-6-15-8-11(10)9-16-7-5-12-2-3-13(14)17-12/h2-4,6,8,16H,5,7,9H2,1H3. The van der Waals surface area contributed by atoms with Gasteiger partial charge in [-0.05, 0) is 42.7 Å². The topological polar surface area (TPSA) is 24.9 Å². The third-order valence-corrected chi connectivity index (χ3v) is 3.93. The maximum absolute atomic E-state index is 5.88. The summed E-state index contributed by atoms with van der Waals surface area (Å²) in [6.07, 6.45) is 4.77. The molecule has 0 amide bonds. The lowest BCUT2D eigenvalue weighted by atomic mass is 10.1. The number of halogens is 1. The second-order valence-electron chi connectivity index (χ2n) is 3.93. The first-order valence-corrected chi connectivity index (χ1v) is 6.79. The first-order chi connectivity index (χ1) is 8.25. The lowest BCUT2D eigenvalue weighted by molar-refractivity contribution is 0.686. The van der Waals surface area contributed by atoms with Gasteiger partial charge in [0.15, 0.2) is 0 Å². The summed E-state index contributed by atoms with van der Waals surface area (Å²) >= 11 is 7.53. The molecule has 2 aromatic heterocycles. The van der Waals surface area contributed by atoms with E-state index in [-0.39, 0.29) is 0 Å². The number of nitrogens with one attached hydrogen (secondary N) is 1. The smallest absolute Gasteiger partial charge is 0.0931 e. The summed E-state index contributed by atoms with van der Waals surface area (Å²) in [6, 6.07) is 6.08. The molecule has 4 heteroatoms. The quantitative estimate of drug-likeness (QED) is 0.839. The summed E-state index contributed by atoms with van der Waals surface area (Å²) in [6.45, 7) is 3.95. The van der Waals surface area contributed by atoms with E-state index in [1.165, 1.54) is 16.0 Å². The van der Waals surface area contributed by atoms with Crippen molar-refractivity contribution in [3.8, 4) is 0 Å². The Bertz CT molecular complexity index is 482. The Morgan fingerprint density at radius 1 is 1.35 bits per heavy atom. The molecule has 0 radical (unpaired) electrons. The molecule has 2 nitrogen and oxygen atoms in total. The molecule has 0 spiro atoms. The molecule has 0 atom stereocenters. The molecule has 0 fully saturated rings. The first kappa shape index (κ1) is 12.6. The average Bonchev–Trinajstić information content (AvgIpc) is 2.73. The zero-order valence-electron chi connectivity index (χ0n) is 9.74. The van der Waals surface area contributed by atoms with Gasteiger partial charge in [-0.3, -0.25) is 4.98 Å². The van der Waals surface area contributed by atoms with Crippen LogP contribution in [0.5, 0.6) is 0 Å². The maximum Gasteiger partial charge on any atom is 0.0931 e. The molecule has 2 rings (SSSR count). The highest BCUT2D eigenvalue weighted by Gasteiger charge is 1.99. The lowest BCUT2D eigenvalue weighted by Gasteiger charge is -2.06. The largest absolute Gasteiger partial charge is 0.312 e. The highest BCUT2D eigenvalue weighted by Crippen LogP contribution is 2.21. The highest BCUT2D eigenvalue weighted by atomic mass is 35.5. The molecule has 0 aliphatic rings. The minimum atomic E-state index is 0.864. The van der Waals surface area contributed by atoms with E-state index in [4.69, 9.17) is 11.6 Å². The second-order valence-corrected chi connectivity index (χ2v) is 5.73. The maximum atomic E-state index is 5.88. The molecule has 0 saturated heterocycles. The van der Waals surface area contributed by atoms with Crippen LogP contribution in [0.4, 0.5) is 0 Å². The number of thiophene rings is 1. The minimum absolute atomic E-state index is 0.864. The third-order valence-electron chi connectivity index (χ3n) is 2.64. The fraction of sp³-hybridized carbons (Fsp3) is 0.308. The summed E-state index contributed by atoms with van der Waals surface area (Å²) < 4.78 is 0.864. The molecule has 1 N–H and O–H groups in total. The number of hydrogen-bond acceptors (Lipinski definition) is 3. The zero-order chi connectivity index (χ0) is 12.1. The monoisotopic (exact) mass is 266 g/mol. The molecular formula is C13H15ClN2S. The fourth-order valence-corrected chi connectivity index (χ4v) is 2.69. The van der Waals surface area contributed by atoms with Gasteiger partial charge in [0.1, 0.15) is 0 Å².